The maximum Gasteiger partial charge on any atom is 0.242 e. The molecule has 31 heavy (non-hydrogen) atoms. The molecule has 2 N–H and O–H groups in total. The number of halogens is 2. The largest absolute Gasteiger partial charge is 0.479 e. The number of anilines is 1. The molecule has 1 amide bonds. The second kappa shape index (κ2) is 11.9. The van der Waals surface area contributed by atoms with Gasteiger partial charge in [0.15, 0.2) is 5.65 Å². The quantitative estimate of drug-likeness (QED) is 0.520. The molecule has 0 aliphatic heterocycles. The van der Waals surface area contributed by atoms with Crippen molar-refractivity contribution in [3.63, 3.8) is 0 Å². The van der Waals surface area contributed by atoms with E-state index < -0.39 is 0 Å². The molecule has 0 saturated heterocycles. The minimum Gasteiger partial charge on any atom is -0.479 e. The molecule has 0 spiro atoms. The zero-order chi connectivity index (χ0) is 21.0. The molecule has 3 rings (SSSR count). The van der Waals surface area contributed by atoms with E-state index in [1.165, 1.54) is 0 Å². The van der Waals surface area contributed by atoms with Crippen LogP contribution in [-0.2, 0) is 24.8 Å². The Morgan fingerprint density at radius 1 is 1.23 bits per heavy atom. The Hall–Kier alpha value is -2.35. The van der Waals surface area contributed by atoms with Crippen LogP contribution in [0.2, 0.25) is 0 Å². The number of rotatable bonds is 8. The van der Waals surface area contributed by atoms with Gasteiger partial charge in [0.05, 0.1) is 12.5 Å². The monoisotopic (exact) mass is 467 g/mol. The lowest BCUT2D eigenvalue weighted by atomic mass is 10.00. The van der Waals surface area contributed by atoms with Crippen molar-refractivity contribution in [1.82, 2.24) is 20.1 Å². The highest BCUT2D eigenvalue weighted by Gasteiger charge is 2.18. The van der Waals surface area contributed by atoms with Gasteiger partial charge in [-0.05, 0) is 55.6 Å². The van der Waals surface area contributed by atoms with Crippen LogP contribution in [0.5, 0.6) is 5.88 Å². The molecular weight excluding hydrogens is 437 g/mol. The molecule has 0 saturated carbocycles. The van der Waals surface area contributed by atoms with Gasteiger partial charge in [-0.15, -0.1) is 29.9 Å². The van der Waals surface area contributed by atoms with Crippen LogP contribution in [0.25, 0.3) is 11.0 Å². The van der Waals surface area contributed by atoms with Gasteiger partial charge < -0.3 is 15.4 Å². The van der Waals surface area contributed by atoms with E-state index in [0.717, 1.165) is 52.2 Å². The van der Waals surface area contributed by atoms with Gasteiger partial charge in [0.2, 0.25) is 11.8 Å². The number of hydrogen-bond acceptors (Lipinski definition) is 5. The van der Waals surface area contributed by atoms with Crippen LogP contribution in [0.15, 0.2) is 24.3 Å². The number of fused-ring (bicyclic) bond motifs is 1. The fourth-order valence-electron chi connectivity index (χ4n) is 3.60. The summed E-state index contributed by atoms with van der Waals surface area (Å²) >= 11 is 0. The third-order valence-corrected chi connectivity index (χ3v) is 5.11. The number of carbonyl (C=O) groups is 1. The van der Waals surface area contributed by atoms with Gasteiger partial charge in [-0.3, -0.25) is 4.79 Å². The summed E-state index contributed by atoms with van der Waals surface area (Å²) in [4.78, 5) is 17.2. The number of carbonyl (C=O) groups excluding carboxylic acids is 1. The van der Waals surface area contributed by atoms with Gasteiger partial charge in [-0.2, -0.15) is 0 Å². The molecule has 0 fully saturated rings. The maximum absolute atomic E-state index is 12.5. The molecule has 0 bridgehead atoms. The molecule has 0 aliphatic carbocycles. The van der Waals surface area contributed by atoms with Gasteiger partial charge in [0.25, 0.3) is 0 Å². The first-order valence-corrected chi connectivity index (χ1v) is 9.90. The first kappa shape index (κ1) is 26.7. The van der Waals surface area contributed by atoms with E-state index in [9.17, 15) is 4.79 Å². The summed E-state index contributed by atoms with van der Waals surface area (Å²) in [6.45, 7) is 7.79. The van der Waals surface area contributed by atoms with Gasteiger partial charge in [0, 0.05) is 31.4 Å². The van der Waals surface area contributed by atoms with Gasteiger partial charge in [-0.1, -0.05) is 19.1 Å². The molecule has 0 aliphatic rings. The zero-order valence-corrected chi connectivity index (χ0v) is 20.2. The van der Waals surface area contributed by atoms with E-state index >= 15 is 0 Å². The van der Waals surface area contributed by atoms with Crippen molar-refractivity contribution in [1.29, 1.82) is 0 Å². The first-order chi connectivity index (χ1) is 13.9. The summed E-state index contributed by atoms with van der Waals surface area (Å²) in [5.41, 5.74) is 5.82. The van der Waals surface area contributed by atoms with Crippen LogP contribution in [-0.4, -0.2) is 34.3 Å². The van der Waals surface area contributed by atoms with Crippen LogP contribution < -0.4 is 15.4 Å². The van der Waals surface area contributed by atoms with E-state index in [4.69, 9.17) is 4.74 Å². The maximum atomic E-state index is 12.5. The Balaban J connectivity index is 0.00000240. The van der Waals surface area contributed by atoms with Gasteiger partial charge >= 0.3 is 0 Å². The van der Waals surface area contributed by atoms with Crippen LogP contribution in [0, 0.1) is 13.8 Å². The smallest absolute Gasteiger partial charge is 0.242 e. The summed E-state index contributed by atoms with van der Waals surface area (Å²) in [5, 5.41) is 11.6. The number of methoxy groups -OCH3 is 1. The Morgan fingerprint density at radius 2 is 1.97 bits per heavy atom. The highest BCUT2D eigenvalue weighted by Crippen LogP contribution is 2.30. The molecule has 9 heteroatoms. The standard InChI is InChI=1S/C22H29N5O2.2ClH/c1-6-23-13-16-8-7-9-17(12-16)25-19(28)11-10-18-14(2)20-21(24-15(18)3)27(4)26-22(20)29-5;;/h7-9,12,23H,6,10-11,13H2,1-5H3,(H,25,28);2*1H. The SMILES string of the molecule is CCNCc1cccc(NC(=O)CCc2c(C)nc3c(c(OC)nn3C)c2C)c1.Cl.Cl. The number of aromatic nitrogens is 3. The second-order valence-corrected chi connectivity index (χ2v) is 7.16. The number of nitrogens with one attached hydrogen (secondary N) is 2. The molecule has 2 aromatic heterocycles. The second-order valence-electron chi connectivity index (χ2n) is 7.16. The molecule has 7 nitrogen and oxygen atoms in total. The van der Waals surface area contributed by atoms with Crippen LogP contribution in [0.1, 0.15) is 35.7 Å². The van der Waals surface area contributed by atoms with E-state index in [2.05, 4.69) is 27.6 Å². The number of pyridine rings is 1. The average molecular weight is 468 g/mol. The highest BCUT2D eigenvalue weighted by molar-refractivity contribution is 5.91. The fourth-order valence-corrected chi connectivity index (χ4v) is 3.60. The average Bonchev–Trinajstić information content (AvgIpc) is 3.02. The third kappa shape index (κ3) is 6.09. The third-order valence-electron chi connectivity index (χ3n) is 5.11. The van der Waals surface area contributed by atoms with Crippen molar-refractivity contribution in [2.75, 3.05) is 19.0 Å². The normalized spacial score (nSPS) is 10.4. The van der Waals surface area contributed by atoms with Crippen LogP contribution >= 0.6 is 24.8 Å². The lowest BCUT2D eigenvalue weighted by Crippen LogP contribution is -2.15. The van der Waals surface area contributed by atoms with Crippen molar-refractivity contribution in [2.45, 2.75) is 40.2 Å². The number of benzene rings is 1. The number of ether oxygens (including phenoxy) is 1. The van der Waals surface area contributed by atoms with Gasteiger partial charge in [0.1, 0.15) is 0 Å². The summed E-state index contributed by atoms with van der Waals surface area (Å²) in [7, 11) is 3.46. The Kier molecular flexibility index (Phi) is 10.2. The van der Waals surface area contributed by atoms with E-state index in [1.54, 1.807) is 11.8 Å². The summed E-state index contributed by atoms with van der Waals surface area (Å²) in [6, 6.07) is 7.93. The zero-order valence-electron chi connectivity index (χ0n) is 18.6. The number of hydrogen-bond donors (Lipinski definition) is 2. The lowest BCUT2D eigenvalue weighted by Gasteiger charge is -2.12. The lowest BCUT2D eigenvalue weighted by molar-refractivity contribution is -0.116. The Morgan fingerprint density at radius 3 is 2.65 bits per heavy atom. The van der Waals surface area contributed by atoms with E-state index in [-0.39, 0.29) is 30.7 Å². The van der Waals surface area contributed by atoms with Crippen LogP contribution in [0.4, 0.5) is 5.69 Å². The van der Waals surface area contributed by atoms with Crippen molar-refractivity contribution < 1.29 is 9.53 Å². The fraction of sp³-hybridized carbons (Fsp3) is 0.409. The minimum atomic E-state index is -0.0114. The first-order valence-electron chi connectivity index (χ1n) is 9.90. The molecule has 170 valence electrons. The van der Waals surface area contributed by atoms with Crippen molar-refractivity contribution >= 4 is 47.4 Å². The Bertz CT molecular complexity index is 1040. The molecule has 0 radical (unpaired) electrons. The molecule has 0 unspecified atom stereocenters. The number of nitrogens with zero attached hydrogens (tertiary/aromatic N) is 3. The minimum absolute atomic E-state index is 0. The van der Waals surface area contributed by atoms with Crippen molar-refractivity contribution in [3.05, 3.63) is 46.6 Å². The highest BCUT2D eigenvalue weighted by atomic mass is 35.5. The molecule has 1 aromatic carbocycles. The predicted octanol–water partition coefficient (Wildman–Crippen LogP) is 4.12. The van der Waals surface area contributed by atoms with Crippen LogP contribution in [0.3, 0.4) is 0 Å². The van der Waals surface area contributed by atoms with E-state index in [0.29, 0.717) is 18.7 Å². The summed E-state index contributed by atoms with van der Waals surface area (Å²) in [5.74, 6) is 0.554. The predicted molar refractivity (Wildman–Crippen MR) is 130 cm³/mol. The van der Waals surface area contributed by atoms with E-state index in [1.807, 2.05) is 45.2 Å². The number of aryl methyl sites for hydroxylation is 3. The Labute approximate surface area is 195 Å². The van der Waals surface area contributed by atoms with Crippen molar-refractivity contribution in [2.24, 2.45) is 7.05 Å². The topological polar surface area (TPSA) is 81.1 Å². The molecule has 0 atom stereocenters. The number of amides is 1. The summed E-state index contributed by atoms with van der Waals surface area (Å²) < 4.78 is 7.14. The van der Waals surface area contributed by atoms with Gasteiger partial charge in [-0.25, -0.2) is 9.67 Å². The molecular formula is C22H31Cl2N5O2. The van der Waals surface area contributed by atoms with Crippen molar-refractivity contribution in [3.8, 4) is 5.88 Å². The molecule has 3 aromatic rings. The molecule has 2 heterocycles. The summed E-state index contributed by atoms with van der Waals surface area (Å²) in [6.07, 6.45) is 0.996.